The summed E-state index contributed by atoms with van der Waals surface area (Å²) in [7, 11) is 0. The molecule has 0 unspecified atom stereocenters. The van der Waals surface area contributed by atoms with Gasteiger partial charge in [0.2, 0.25) is 0 Å². The van der Waals surface area contributed by atoms with Gasteiger partial charge in [0, 0.05) is 16.6 Å². The summed E-state index contributed by atoms with van der Waals surface area (Å²) in [4.78, 5) is 12.4. The molecule has 94 valence electrons. The fraction of sp³-hybridized carbons (Fsp3) is 0.200. The third-order valence-corrected chi connectivity index (χ3v) is 4.19. The molecule has 1 N–H and O–H groups in total. The first-order valence-electron chi connectivity index (χ1n) is 6.37. The first-order chi connectivity index (χ1) is 9.29. The Hall–Kier alpha value is -1.68. The molecular formula is C15H12BrN3. The van der Waals surface area contributed by atoms with E-state index in [-0.39, 0.29) is 0 Å². The molecule has 19 heavy (non-hydrogen) atoms. The number of nitrogens with one attached hydrogen (secondary N) is 1. The molecule has 2 aromatic heterocycles. The molecule has 3 nitrogen and oxygen atoms in total. The van der Waals surface area contributed by atoms with Crippen LogP contribution in [0.5, 0.6) is 0 Å². The summed E-state index contributed by atoms with van der Waals surface area (Å²) >= 11 is 3.44. The van der Waals surface area contributed by atoms with Gasteiger partial charge >= 0.3 is 0 Å². The van der Waals surface area contributed by atoms with Gasteiger partial charge in [-0.25, -0.2) is 9.97 Å². The fourth-order valence-electron chi connectivity index (χ4n) is 2.84. The van der Waals surface area contributed by atoms with Crippen molar-refractivity contribution in [3.8, 4) is 0 Å². The molecule has 0 aliphatic heterocycles. The largest absolute Gasteiger partial charge is 0.340 e. The van der Waals surface area contributed by atoms with Crippen molar-refractivity contribution in [2.45, 2.75) is 18.8 Å². The van der Waals surface area contributed by atoms with Crippen molar-refractivity contribution in [2.24, 2.45) is 0 Å². The van der Waals surface area contributed by atoms with Gasteiger partial charge in [0.15, 0.2) is 5.65 Å². The number of imidazole rings is 1. The highest BCUT2D eigenvalue weighted by molar-refractivity contribution is 9.10. The third-order valence-electron chi connectivity index (χ3n) is 3.76. The number of hydrogen-bond acceptors (Lipinski definition) is 2. The lowest BCUT2D eigenvalue weighted by Crippen LogP contribution is -2.00. The van der Waals surface area contributed by atoms with Crippen LogP contribution in [0.4, 0.5) is 0 Å². The number of benzene rings is 1. The van der Waals surface area contributed by atoms with E-state index in [9.17, 15) is 0 Å². The second kappa shape index (κ2) is 4.17. The molecular weight excluding hydrogens is 302 g/mol. The summed E-state index contributed by atoms with van der Waals surface area (Å²) in [6.45, 7) is 0. The molecule has 0 atom stereocenters. The summed E-state index contributed by atoms with van der Waals surface area (Å²) in [6.07, 6.45) is 3.92. The minimum absolute atomic E-state index is 0.449. The van der Waals surface area contributed by atoms with Gasteiger partial charge in [0.25, 0.3) is 0 Å². The van der Waals surface area contributed by atoms with Crippen molar-refractivity contribution in [1.82, 2.24) is 15.0 Å². The van der Waals surface area contributed by atoms with Gasteiger partial charge in [0.1, 0.15) is 5.82 Å². The van der Waals surface area contributed by atoms with E-state index >= 15 is 0 Å². The van der Waals surface area contributed by atoms with Gasteiger partial charge in [-0.15, -0.1) is 0 Å². The second-order valence-electron chi connectivity index (χ2n) is 5.02. The number of fused-ring (bicyclic) bond motifs is 2. The van der Waals surface area contributed by atoms with Crippen molar-refractivity contribution in [3.05, 3.63) is 58.0 Å². The smallest absolute Gasteiger partial charge is 0.177 e. The summed E-state index contributed by atoms with van der Waals surface area (Å²) in [5.41, 5.74) is 4.69. The van der Waals surface area contributed by atoms with Crippen LogP contribution in [0.2, 0.25) is 0 Å². The number of hydrogen-bond donors (Lipinski definition) is 1. The molecule has 0 saturated carbocycles. The van der Waals surface area contributed by atoms with Crippen LogP contribution in [0.1, 0.15) is 22.9 Å². The van der Waals surface area contributed by atoms with E-state index in [1.807, 2.05) is 6.07 Å². The molecule has 0 amide bonds. The second-order valence-corrected chi connectivity index (χ2v) is 5.94. The number of nitrogens with zero attached hydrogens (tertiary/aromatic N) is 2. The van der Waals surface area contributed by atoms with E-state index < -0.39 is 0 Å². The molecule has 4 rings (SSSR count). The van der Waals surface area contributed by atoms with Crippen LogP contribution in [0.3, 0.4) is 0 Å². The molecule has 1 aliphatic carbocycles. The summed E-state index contributed by atoms with van der Waals surface area (Å²) in [6, 6.07) is 10.7. The van der Waals surface area contributed by atoms with Crippen LogP contribution < -0.4 is 0 Å². The number of aromatic amines is 1. The van der Waals surface area contributed by atoms with Crippen LogP contribution >= 0.6 is 15.9 Å². The first kappa shape index (κ1) is 11.2. The van der Waals surface area contributed by atoms with Gasteiger partial charge in [0.05, 0.1) is 5.52 Å². The normalized spacial score (nSPS) is 15.0. The monoisotopic (exact) mass is 313 g/mol. The van der Waals surface area contributed by atoms with Gasteiger partial charge in [-0.05, 0) is 46.0 Å². The lowest BCUT2D eigenvalue weighted by molar-refractivity contribution is 0.696. The molecule has 3 aromatic rings. The highest BCUT2D eigenvalue weighted by Gasteiger charge is 2.25. The Morgan fingerprint density at radius 3 is 2.63 bits per heavy atom. The average molecular weight is 314 g/mol. The Balaban J connectivity index is 1.73. The average Bonchev–Trinajstić information content (AvgIpc) is 3.00. The highest BCUT2D eigenvalue weighted by Crippen LogP contribution is 2.33. The summed E-state index contributed by atoms with van der Waals surface area (Å²) in [5.74, 6) is 1.50. The van der Waals surface area contributed by atoms with Crippen molar-refractivity contribution >= 4 is 27.1 Å². The Kier molecular flexibility index (Phi) is 2.45. The maximum absolute atomic E-state index is 4.63. The van der Waals surface area contributed by atoms with Gasteiger partial charge in [-0.3, -0.25) is 0 Å². The lowest BCUT2D eigenvalue weighted by Gasteiger charge is -2.03. The van der Waals surface area contributed by atoms with Crippen molar-refractivity contribution < 1.29 is 0 Å². The fourth-order valence-corrected chi connectivity index (χ4v) is 3.17. The van der Waals surface area contributed by atoms with E-state index in [1.54, 1.807) is 6.20 Å². The quantitative estimate of drug-likeness (QED) is 0.745. The molecule has 0 saturated heterocycles. The maximum Gasteiger partial charge on any atom is 0.177 e. The predicted octanol–water partition coefficient (Wildman–Crippen LogP) is 3.60. The Morgan fingerprint density at radius 1 is 1.16 bits per heavy atom. The van der Waals surface area contributed by atoms with Gasteiger partial charge < -0.3 is 4.98 Å². The number of rotatable bonds is 1. The van der Waals surface area contributed by atoms with Crippen molar-refractivity contribution in [2.75, 3.05) is 0 Å². The molecule has 1 aliphatic rings. The van der Waals surface area contributed by atoms with Gasteiger partial charge in [-0.1, -0.05) is 24.3 Å². The standard InChI is InChI=1S/C15H12BrN3/c16-12-7-13-15(17-8-12)19-14(18-13)11-5-9-3-1-2-4-10(9)6-11/h1-4,7-8,11H,5-6H2,(H,17,18,19). The van der Waals surface area contributed by atoms with Crippen LogP contribution in [0, 0.1) is 0 Å². The zero-order valence-corrected chi connectivity index (χ0v) is 11.8. The minimum atomic E-state index is 0.449. The molecule has 0 radical (unpaired) electrons. The molecule has 0 fully saturated rings. The predicted molar refractivity (Wildman–Crippen MR) is 78.2 cm³/mol. The highest BCUT2D eigenvalue weighted by atomic mass is 79.9. The SMILES string of the molecule is Brc1cnc2nc(C3Cc4ccccc4C3)[nH]c2c1. The topological polar surface area (TPSA) is 41.6 Å². The molecule has 4 heteroatoms. The number of halogens is 1. The van der Waals surface area contributed by atoms with Crippen LogP contribution in [0.15, 0.2) is 41.0 Å². The molecule has 2 heterocycles. The van der Waals surface area contributed by atoms with E-state index in [2.05, 4.69) is 55.1 Å². The van der Waals surface area contributed by atoms with Crippen LogP contribution in [-0.4, -0.2) is 15.0 Å². The molecule has 0 bridgehead atoms. The number of aromatic nitrogens is 3. The van der Waals surface area contributed by atoms with E-state index in [4.69, 9.17) is 0 Å². The summed E-state index contributed by atoms with van der Waals surface area (Å²) in [5, 5.41) is 0. The molecule has 1 aromatic carbocycles. The zero-order valence-electron chi connectivity index (χ0n) is 10.2. The Morgan fingerprint density at radius 2 is 1.89 bits per heavy atom. The minimum Gasteiger partial charge on any atom is -0.340 e. The van der Waals surface area contributed by atoms with Crippen molar-refractivity contribution in [1.29, 1.82) is 0 Å². The van der Waals surface area contributed by atoms with Crippen molar-refractivity contribution in [3.63, 3.8) is 0 Å². The van der Waals surface area contributed by atoms with E-state index in [0.717, 1.165) is 34.3 Å². The summed E-state index contributed by atoms with van der Waals surface area (Å²) < 4.78 is 0.977. The number of H-pyrrole nitrogens is 1. The Bertz CT molecular complexity index is 738. The zero-order chi connectivity index (χ0) is 12.8. The van der Waals surface area contributed by atoms with E-state index in [0.29, 0.717) is 5.92 Å². The first-order valence-corrected chi connectivity index (χ1v) is 7.17. The third kappa shape index (κ3) is 1.87. The maximum atomic E-state index is 4.63. The lowest BCUT2D eigenvalue weighted by atomic mass is 10.1. The van der Waals surface area contributed by atoms with Crippen LogP contribution in [-0.2, 0) is 12.8 Å². The van der Waals surface area contributed by atoms with E-state index in [1.165, 1.54) is 11.1 Å². The molecule has 0 spiro atoms. The number of pyridine rings is 1. The van der Waals surface area contributed by atoms with Crippen LogP contribution in [0.25, 0.3) is 11.2 Å². The van der Waals surface area contributed by atoms with Gasteiger partial charge in [-0.2, -0.15) is 0 Å². The Labute approximate surface area is 119 Å².